The van der Waals surface area contributed by atoms with Crippen molar-refractivity contribution in [3.05, 3.63) is 11.8 Å². The zero-order valence-corrected chi connectivity index (χ0v) is 10.5. The predicted molar refractivity (Wildman–Crippen MR) is 65.2 cm³/mol. The summed E-state index contributed by atoms with van der Waals surface area (Å²) in [4.78, 5) is 11.8. The first kappa shape index (κ1) is 12.7. The standard InChI is InChI=1S/C12H21N3O/c1-5-6-10-7-11(15-14-10)13-12(16)9(4)8(2)3/h7-9H,5-6H2,1-4H3,(H2,13,14,15,16). The van der Waals surface area contributed by atoms with Crippen molar-refractivity contribution in [2.75, 3.05) is 5.32 Å². The molecule has 0 aromatic carbocycles. The van der Waals surface area contributed by atoms with Gasteiger partial charge < -0.3 is 5.32 Å². The van der Waals surface area contributed by atoms with Gasteiger partial charge in [-0.3, -0.25) is 9.89 Å². The minimum absolute atomic E-state index is 0.00586. The lowest BCUT2D eigenvalue weighted by atomic mass is 9.97. The van der Waals surface area contributed by atoms with Crippen molar-refractivity contribution in [2.45, 2.75) is 40.5 Å². The Hall–Kier alpha value is -1.32. The smallest absolute Gasteiger partial charge is 0.228 e. The monoisotopic (exact) mass is 223 g/mol. The van der Waals surface area contributed by atoms with E-state index in [2.05, 4.69) is 22.4 Å². The van der Waals surface area contributed by atoms with Gasteiger partial charge in [0.2, 0.25) is 5.91 Å². The number of aromatic amines is 1. The molecule has 90 valence electrons. The number of aromatic nitrogens is 2. The van der Waals surface area contributed by atoms with E-state index in [-0.39, 0.29) is 11.8 Å². The Balaban J connectivity index is 2.56. The molecular weight excluding hydrogens is 202 g/mol. The van der Waals surface area contributed by atoms with Crippen LogP contribution in [0, 0.1) is 11.8 Å². The molecule has 4 heteroatoms. The van der Waals surface area contributed by atoms with Crippen molar-refractivity contribution in [2.24, 2.45) is 11.8 Å². The van der Waals surface area contributed by atoms with E-state index in [1.807, 2.05) is 26.8 Å². The summed E-state index contributed by atoms with van der Waals surface area (Å²) in [7, 11) is 0. The Bertz CT molecular complexity index is 344. The molecule has 1 aromatic rings. The van der Waals surface area contributed by atoms with Crippen molar-refractivity contribution in [1.82, 2.24) is 10.2 Å². The molecule has 1 atom stereocenters. The first-order valence-electron chi connectivity index (χ1n) is 5.89. The molecule has 1 rings (SSSR count). The lowest BCUT2D eigenvalue weighted by Gasteiger charge is -2.13. The molecule has 1 unspecified atom stereocenters. The molecule has 4 nitrogen and oxygen atoms in total. The number of amides is 1. The van der Waals surface area contributed by atoms with Gasteiger partial charge in [-0.25, -0.2) is 0 Å². The molecule has 1 aromatic heterocycles. The van der Waals surface area contributed by atoms with Crippen LogP contribution in [0.25, 0.3) is 0 Å². The number of carbonyl (C=O) groups excluding carboxylic acids is 1. The molecular formula is C12H21N3O. The van der Waals surface area contributed by atoms with Crippen LogP contribution in [-0.4, -0.2) is 16.1 Å². The SMILES string of the molecule is CCCc1cc(NC(=O)C(C)C(C)C)n[nH]1. The Morgan fingerprint density at radius 3 is 2.75 bits per heavy atom. The molecule has 0 aliphatic heterocycles. The van der Waals surface area contributed by atoms with Crippen LogP contribution in [0.2, 0.25) is 0 Å². The molecule has 0 saturated heterocycles. The fourth-order valence-electron chi connectivity index (χ4n) is 1.37. The predicted octanol–water partition coefficient (Wildman–Crippen LogP) is 2.59. The second-order valence-electron chi connectivity index (χ2n) is 4.55. The van der Waals surface area contributed by atoms with Gasteiger partial charge in [-0.2, -0.15) is 5.10 Å². The zero-order chi connectivity index (χ0) is 12.1. The number of aryl methyl sites for hydroxylation is 1. The van der Waals surface area contributed by atoms with Crippen molar-refractivity contribution in [3.8, 4) is 0 Å². The number of H-pyrrole nitrogens is 1. The minimum atomic E-state index is 0.00586. The highest BCUT2D eigenvalue weighted by molar-refractivity contribution is 5.91. The second kappa shape index (κ2) is 5.68. The number of nitrogens with zero attached hydrogens (tertiary/aromatic N) is 1. The maximum absolute atomic E-state index is 11.8. The van der Waals surface area contributed by atoms with Gasteiger partial charge >= 0.3 is 0 Å². The van der Waals surface area contributed by atoms with Crippen LogP contribution in [0.15, 0.2) is 6.07 Å². The van der Waals surface area contributed by atoms with Gasteiger partial charge in [-0.1, -0.05) is 34.1 Å². The number of nitrogens with one attached hydrogen (secondary N) is 2. The third-order valence-electron chi connectivity index (χ3n) is 2.82. The van der Waals surface area contributed by atoms with Gasteiger partial charge in [0.15, 0.2) is 5.82 Å². The van der Waals surface area contributed by atoms with Crippen LogP contribution in [0.3, 0.4) is 0 Å². The van der Waals surface area contributed by atoms with Gasteiger partial charge in [0.05, 0.1) is 0 Å². The molecule has 0 fully saturated rings. The number of rotatable bonds is 5. The largest absolute Gasteiger partial charge is 0.309 e. The van der Waals surface area contributed by atoms with Gasteiger partial charge in [-0.15, -0.1) is 0 Å². The fourth-order valence-corrected chi connectivity index (χ4v) is 1.37. The van der Waals surface area contributed by atoms with E-state index in [1.54, 1.807) is 0 Å². The highest BCUT2D eigenvalue weighted by Crippen LogP contribution is 2.13. The van der Waals surface area contributed by atoms with E-state index in [0.717, 1.165) is 18.5 Å². The summed E-state index contributed by atoms with van der Waals surface area (Å²) in [6.45, 7) is 8.12. The maximum atomic E-state index is 11.8. The van der Waals surface area contributed by atoms with Gasteiger partial charge in [0, 0.05) is 17.7 Å². The van der Waals surface area contributed by atoms with Crippen LogP contribution in [0.5, 0.6) is 0 Å². The molecule has 1 amide bonds. The maximum Gasteiger partial charge on any atom is 0.228 e. The lowest BCUT2D eigenvalue weighted by Crippen LogP contribution is -2.24. The quantitative estimate of drug-likeness (QED) is 0.806. The van der Waals surface area contributed by atoms with Crippen LogP contribution >= 0.6 is 0 Å². The van der Waals surface area contributed by atoms with Gasteiger partial charge in [0.25, 0.3) is 0 Å². The normalized spacial score (nSPS) is 12.8. The average Bonchev–Trinajstić information content (AvgIpc) is 2.65. The van der Waals surface area contributed by atoms with E-state index >= 15 is 0 Å². The zero-order valence-electron chi connectivity index (χ0n) is 10.5. The first-order chi connectivity index (χ1) is 7.54. The molecule has 0 radical (unpaired) electrons. The lowest BCUT2D eigenvalue weighted by molar-refractivity contribution is -0.120. The summed E-state index contributed by atoms with van der Waals surface area (Å²) in [5.41, 5.74) is 1.06. The Morgan fingerprint density at radius 2 is 2.19 bits per heavy atom. The van der Waals surface area contributed by atoms with Crippen molar-refractivity contribution < 1.29 is 4.79 Å². The van der Waals surface area contributed by atoms with Crippen LogP contribution in [0.1, 0.15) is 39.8 Å². The van der Waals surface area contributed by atoms with E-state index in [9.17, 15) is 4.79 Å². The van der Waals surface area contributed by atoms with Gasteiger partial charge in [0.1, 0.15) is 0 Å². The van der Waals surface area contributed by atoms with E-state index in [4.69, 9.17) is 0 Å². The van der Waals surface area contributed by atoms with Crippen molar-refractivity contribution >= 4 is 11.7 Å². The van der Waals surface area contributed by atoms with Gasteiger partial charge in [-0.05, 0) is 12.3 Å². The average molecular weight is 223 g/mol. The Morgan fingerprint density at radius 1 is 1.50 bits per heavy atom. The fraction of sp³-hybridized carbons (Fsp3) is 0.667. The van der Waals surface area contributed by atoms with E-state index < -0.39 is 0 Å². The summed E-state index contributed by atoms with van der Waals surface area (Å²) < 4.78 is 0. The molecule has 1 heterocycles. The molecule has 0 spiro atoms. The summed E-state index contributed by atoms with van der Waals surface area (Å²) >= 11 is 0. The summed E-state index contributed by atoms with van der Waals surface area (Å²) in [5, 5.41) is 9.80. The van der Waals surface area contributed by atoms with E-state index in [0.29, 0.717) is 11.7 Å². The van der Waals surface area contributed by atoms with Crippen molar-refractivity contribution in [3.63, 3.8) is 0 Å². The number of anilines is 1. The van der Waals surface area contributed by atoms with Crippen LogP contribution in [-0.2, 0) is 11.2 Å². The summed E-state index contributed by atoms with van der Waals surface area (Å²) in [6, 6.07) is 1.90. The van der Waals surface area contributed by atoms with Crippen LogP contribution < -0.4 is 5.32 Å². The molecule has 2 N–H and O–H groups in total. The van der Waals surface area contributed by atoms with E-state index in [1.165, 1.54) is 0 Å². The minimum Gasteiger partial charge on any atom is -0.309 e. The molecule has 0 aliphatic rings. The number of hydrogen-bond donors (Lipinski definition) is 2. The highest BCUT2D eigenvalue weighted by Gasteiger charge is 2.17. The van der Waals surface area contributed by atoms with Crippen molar-refractivity contribution in [1.29, 1.82) is 0 Å². The number of hydrogen-bond acceptors (Lipinski definition) is 2. The Labute approximate surface area is 96.8 Å². The molecule has 0 saturated carbocycles. The molecule has 0 bridgehead atoms. The second-order valence-corrected chi connectivity index (χ2v) is 4.55. The topological polar surface area (TPSA) is 57.8 Å². The summed E-state index contributed by atoms with van der Waals surface area (Å²) in [6.07, 6.45) is 2.03. The first-order valence-corrected chi connectivity index (χ1v) is 5.89. The molecule has 16 heavy (non-hydrogen) atoms. The molecule has 0 aliphatic carbocycles. The Kier molecular flexibility index (Phi) is 4.52. The van der Waals surface area contributed by atoms with Crippen LogP contribution in [0.4, 0.5) is 5.82 Å². The third kappa shape index (κ3) is 3.36. The summed E-state index contributed by atoms with van der Waals surface area (Å²) in [5.74, 6) is 1.01. The number of carbonyl (C=O) groups is 1. The third-order valence-corrected chi connectivity index (χ3v) is 2.82. The highest BCUT2D eigenvalue weighted by atomic mass is 16.1.